The van der Waals surface area contributed by atoms with E-state index in [9.17, 15) is 8.42 Å². The summed E-state index contributed by atoms with van der Waals surface area (Å²) in [5.74, 6) is 0.0510. The normalized spacial score (nSPS) is 11.4. The van der Waals surface area contributed by atoms with Crippen LogP contribution in [-0.2, 0) is 9.84 Å². The molecule has 5 nitrogen and oxygen atoms in total. The van der Waals surface area contributed by atoms with Crippen molar-refractivity contribution >= 4 is 9.84 Å². The molecule has 0 aliphatic heterocycles. The number of nitrogens with zero attached hydrogens (tertiary/aromatic N) is 2. The Balaban J connectivity index is 2.71. The first-order valence-electron chi connectivity index (χ1n) is 5.61. The third-order valence-corrected chi connectivity index (χ3v) is 4.31. The van der Waals surface area contributed by atoms with E-state index in [1.165, 1.54) is 24.3 Å². The quantitative estimate of drug-likeness (QED) is 0.797. The van der Waals surface area contributed by atoms with Crippen molar-refractivity contribution in [2.24, 2.45) is 5.73 Å². The van der Waals surface area contributed by atoms with E-state index in [0.717, 1.165) is 0 Å². The maximum atomic E-state index is 12.0. The minimum absolute atomic E-state index is 0.0510. The molecule has 0 amide bonds. The van der Waals surface area contributed by atoms with Crippen LogP contribution in [0.5, 0.6) is 0 Å². The number of nitriles is 1. The van der Waals surface area contributed by atoms with Gasteiger partial charge in [-0.3, -0.25) is 0 Å². The van der Waals surface area contributed by atoms with Crippen LogP contribution in [0.15, 0.2) is 29.2 Å². The SMILES string of the molecule is CN(CCN)CCS(=O)(=O)c1ccc(C#N)cc1. The first-order valence-corrected chi connectivity index (χ1v) is 7.26. The Kier molecular flexibility index (Phi) is 5.28. The van der Waals surface area contributed by atoms with Gasteiger partial charge in [-0.25, -0.2) is 8.42 Å². The molecule has 0 spiro atoms. The molecule has 0 bridgehead atoms. The van der Waals surface area contributed by atoms with Crippen LogP contribution in [0.25, 0.3) is 0 Å². The van der Waals surface area contributed by atoms with Crippen molar-refractivity contribution in [3.05, 3.63) is 29.8 Å². The number of rotatable bonds is 6. The van der Waals surface area contributed by atoms with Crippen LogP contribution in [0, 0.1) is 11.3 Å². The molecule has 0 heterocycles. The molecule has 98 valence electrons. The zero-order chi connectivity index (χ0) is 13.6. The van der Waals surface area contributed by atoms with Crippen LogP contribution >= 0.6 is 0 Å². The molecule has 0 radical (unpaired) electrons. The van der Waals surface area contributed by atoms with Gasteiger partial charge in [-0.1, -0.05) is 0 Å². The van der Waals surface area contributed by atoms with Gasteiger partial charge < -0.3 is 10.6 Å². The standard InChI is InChI=1S/C12H17N3O2S/c1-15(7-6-13)8-9-18(16,17)12-4-2-11(10-14)3-5-12/h2-5H,6-9,13H2,1H3. The Morgan fingerprint density at radius 1 is 1.28 bits per heavy atom. The van der Waals surface area contributed by atoms with Crippen LogP contribution in [0.1, 0.15) is 5.56 Å². The molecule has 18 heavy (non-hydrogen) atoms. The summed E-state index contributed by atoms with van der Waals surface area (Å²) < 4.78 is 24.0. The summed E-state index contributed by atoms with van der Waals surface area (Å²) in [6, 6.07) is 7.91. The van der Waals surface area contributed by atoms with Crippen molar-refractivity contribution in [2.75, 3.05) is 32.4 Å². The molecule has 6 heteroatoms. The predicted molar refractivity (Wildman–Crippen MR) is 69.8 cm³/mol. The fraction of sp³-hybridized carbons (Fsp3) is 0.417. The third kappa shape index (κ3) is 4.11. The molecule has 0 aromatic heterocycles. The number of nitrogens with two attached hydrogens (primary N) is 1. The first-order chi connectivity index (χ1) is 8.49. The van der Waals surface area contributed by atoms with Crippen molar-refractivity contribution < 1.29 is 8.42 Å². The van der Waals surface area contributed by atoms with Crippen molar-refractivity contribution in [3.8, 4) is 6.07 Å². The Morgan fingerprint density at radius 3 is 2.39 bits per heavy atom. The number of benzene rings is 1. The van der Waals surface area contributed by atoms with E-state index in [2.05, 4.69) is 0 Å². The van der Waals surface area contributed by atoms with Gasteiger partial charge in [0.2, 0.25) is 0 Å². The summed E-state index contributed by atoms with van der Waals surface area (Å²) >= 11 is 0. The zero-order valence-electron chi connectivity index (χ0n) is 10.3. The van der Waals surface area contributed by atoms with Crippen LogP contribution in [0.2, 0.25) is 0 Å². The van der Waals surface area contributed by atoms with Gasteiger partial charge >= 0.3 is 0 Å². The molecule has 0 unspecified atom stereocenters. The Bertz CT molecular complexity index is 517. The first kappa shape index (κ1) is 14.6. The van der Waals surface area contributed by atoms with Gasteiger partial charge in [-0.2, -0.15) is 5.26 Å². The van der Waals surface area contributed by atoms with E-state index in [1.54, 1.807) is 0 Å². The molecule has 0 saturated heterocycles. The molecule has 1 aromatic rings. The molecule has 2 N–H and O–H groups in total. The van der Waals surface area contributed by atoms with E-state index >= 15 is 0 Å². The largest absolute Gasteiger partial charge is 0.329 e. The second-order valence-electron chi connectivity index (χ2n) is 4.05. The van der Waals surface area contributed by atoms with E-state index in [4.69, 9.17) is 11.0 Å². The van der Waals surface area contributed by atoms with Gasteiger partial charge in [-0.15, -0.1) is 0 Å². The maximum absolute atomic E-state index is 12.0. The van der Waals surface area contributed by atoms with Crippen molar-refractivity contribution in [1.29, 1.82) is 5.26 Å². The third-order valence-electron chi connectivity index (χ3n) is 2.60. The van der Waals surface area contributed by atoms with E-state index in [-0.39, 0.29) is 10.6 Å². The molecular weight excluding hydrogens is 250 g/mol. The average molecular weight is 267 g/mol. The summed E-state index contributed by atoms with van der Waals surface area (Å²) in [5, 5.41) is 8.65. The van der Waals surface area contributed by atoms with Crippen LogP contribution in [-0.4, -0.2) is 45.8 Å². The fourth-order valence-electron chi connectivity index (χ4n) is 1.46. The smallest absolute Gasteiger partial charge is 0.179 e. The lowest BCUT2D eigenvalue weighted by molar-refractivity contribution is 0.363. The topological polar surface area (TPSA) is 87.2 Å². The molecule has 0 aliphatic rings. The predicted octanol–water partition coefficient (Wildman–Crippen LogP) is 0.222. The highest BCUT2D eigenvalue weighted by Gasteiger charge is 2.14. The zero-order valence-corrected chi connectivity index (χ0v) is 11.2. The van der Waals surface area contributed by atoms with Crippen LogP contribution < -0.4 is 5.73 Å². The number of hydrogen-bond donors (Lipinski definition) is 1. The van der Waals surface area contributed by atoms with Crippen molar-refractivity contribution in [1.82, 2.24) is 4.90 Å². The number of likely N-dealkylation sites (N-methyl/N-ethyl adjacent to an activating group) is 1. The Labute approximate surface area is 108 Å². The second-order valence-corrected chi connectivity index (χ2v) is 6.16. The highest BCUT2D eigenvalue weighted by atomic mass is 32.2. The molecule has 1 aromatic carbocycles. The lowest BCUT2D eigenvalue weighted by atomic mass is 10.2. The van der Waals surface area contributed by atoms with Crippen molar-refractivity contribution in [2.45, 2.75) is 4.90 Å². The maximum Gasteiger partial charge on any atom is 0.179 e. The summed E-state index contributed by atoms with van der Waals surface area (Å²) in [6.07, 6.45) is 0. The van der Waals surface area contributed by atoms with E-state index in [0.29, 0.717) is 25.2 Å². The Hall–Kier alpha value is -1.42. The fourth-order valence-corrected chi connectivity index (χ4v) is 2.80. The average Bonchev–Trinajstić information content (AvgIpc) is 2.37. The second kappa shape index (κ2) is 6.50. The van der Waals surface area contributed by atoms with Gasteiger partial charge in [-0.05, 0) is 31.3 Å². The summed E-state index contributed by atoms with van der Waals surface area (Å²) in [6.45, 7) is 1.62. The van der Waals surface area contributed by atoms with Crippen LogP contribution in [0.3, 0.4) is 0 Å². The monoisotopic (exact) mass is 267 g/mol. The van der Waals surface area contributed by atoms with Gasteiger partial charge in [0, 0.05) is 19.6 Å². The lowest BCUT2D eigenvalue weighted by Crippen LogP contribution is -2.30. The Morgan fingerprint density at radius 2 is 1.89 bits per heavy atom. The highest BCUT2D eigenvalue weighted by Crippen LogP contribution is 2.12. The van der Waals surface area contributed by atoms with Gasteiger partial charge in [0.05, 0.1) is 22.3 Å². The summed E-state index contributed by atoms with van der Waals surface area (Å²) in [4.78, 5) is 2.13. The lowest BCUT2D eigenvalue weighted by Gasteiger charge is -2.15. The minimum atomic E-state index is -3.29. The van der Waals surface area contributed by atoms with Gasteiger partial charge in [0.1, 0.15) is 0 Å². The summed E-state index contributed by atoms with van der Waals surface area (Å²) in [5.41, 5.74) is 5.84. The summed E-state index contributed by atoms with van der Waals surface area (Å²) in [7, 11) is -1.46. The minimum Gasteiger partial charge on any atom is -0.329 e. The molecule has 0 saturated carbocycles. The number of sulfone groups is 1. The van der Waals surface area contributed by atoms with Gasteiger partial charge in [0.15, 0.2) is 9.84 Å². The molecule has 1 rings (SSSR count). The molecule has 0 atom stereocenters. The molecular formula is C12H17N3O2S. The van der Waals surface area contributed by atoms with Crippen molar-refractivity contribution in [3.63, 3.8) is 0 Å². The van der Waals surface area contributed by atoms with E-state index < -0.39 is 9.84 Å². The van der Waals surface area contributed by atoms with Crippen LogP contribution in [0.4, 0.5) is 0 Å². The molecule has 0 aliphatic carbocycles. The number of hydrogen-bond acceptors (Lipinski definition) is 5. The van der Waals surface area contributed by atoms with E-state index in [1.807, 2.05) is 18.0 Å². The molecule has 0 fully saturated rings. The highest BCUT2D eigenvalue weighted by molar-refractivity contribution is 7.91. The van der Waals surface area contributed by atoms with Gasteiger partial charge in [0.25, 0.3) is 0 Å².